The van der Waals surface area contributed by atoms with E-state index in [1.165, 1.54) is 0 Å². The van der Waals surface area contributed by atoms with Crippen molar-refractivity contribution < 1.29 is 9.90 Å². The molecule has 0 aromatic heterocycles. The van der Waals surface area contributed by atoms with Crippen molar-refractivity contribution in [3.8, 4) is 0 Å². The Morgan fingerprint density at radius 3 is 2.43 bits per heavy atom. The molecule has 0 saturated carbocycles. The van der Waals surface area contributed by atoms with Crippen LogP contribution in [0.1, 0.15) is 26.7 Å². The second-order valence-electron chi connectivity index (χ2n) is 3.95. The molecule has 0 aliphatic rings. The molecule has 0 aromatic carbocycles. The summed E-state index contributed by atoms with van der Waals surface area (Å²) >= 11 is 0. The normalized spacial score (nSPS) is 14.9. The largest absolute Gasteiger partial charge is 0.372 e. The van der Waals surface area contributed by atoms with Gasteiger partial charge in [0, 0.05) is 19.5 Å². The Balaban J connectivity index is 4.23. The molecule has 82 valence electrons. The summed E-state index contributed by atoms with van der Waals surface area (Å²) in [6.07, 6.45) is 1.32. The molecule has 0 spiro atoms. The van der Waals surface area contributed by atoms with Crippen molar-refractivity contribution in [3.63, 3.8) is 0 Å². The maximum absolute atomic E-state index is 10.6. The molecule has 2 atom stereocenters. The Kier molecular flexibility index (Phi) is 6.12. The third kappa shape index (κ3) is 4.97. The van der Waals surface area contributed by atoms with Gasteiger partial charge in [0.15, 0.2) is 0 Å². The molecule has 0 rings (SSSR count). The summed E-state index contributed by atoms with van der Waals surface area (Å²) in [7, 11) is 1.72. The molecule has 4 heteroatoms. The van der Waals surface area contributed by atoms with Crippen molar-refractivity contribution in [1.29, 1.82) is 0 Å². The van der Waals surface area contributed by atoms with Gasteiger partial charge in [-0.05, 0) is 19.1 Å². The van der Waals surface area contributed by atoms with Crippen LogP contribution < -0.4 is 0 Å². The lowest BCUT2D eigenvalue weighted by Gasteiger charge is -2.27. The zero-order chi connectivity index (χ0) is 11.1. The molecule has 1 amide bonds. The minimum Gasteiger partial charge on any atom is -0.372 e. The average molecular weight is 200 g/mol. The molecule has 1 N–H and O–H groups in total. The topological polar surface area (TPSA) is 52.9 Å². The van der Waals surface area contributed by atoms with Gasteiger partial charge in [0.25, 0.3) is 0 Å². The quantitative estimate of drug-likeness (QED) is 0.490. The van der Waals surface area contributed by atoms with Crippen LogP contribution in [-0.4, -0.2) is 42.5 Å². The zero-order valence-electron chi connectivity index (χ0n) is 9.18. The van der Waals surface area contributed by atoms with E-state index in [1.807, 2.05) is 0 Å². The van der Waals surface area contributed by atoms with Crippen molar-refractivity contribution in [2.45, 2.75) is 39.0 Å². The van der Waals surface area contributed by atoms with Crippen molar-refractivity contribution >= 4 is 13.1 Å². The molecular weight excluding hydrogens is 180 g/mol. The summed E-state index contributed by atoms with van der Waals surface area (Å²) in [4.78, 5) is 15.7. The molecule has 0 saturated heterocycles. The molecule has 1 unspecified atom stereocenters. The highest BCUT2D eigenvalue weighted by molar-refractivity contribution is 5.47. The van der Waals surface area contributed by atoms with E-state index in [2.05, 4.69) is 25.6 Å². The van der Waals surface area contributed by atoms with Crippen LogP contribution in [0.25, 0.3) is 0 Å². The van der Waals surface area contributed by atoms with Crippen LogP contribution in [0.2, 0.25) is 0 Å². The van der Waals surface area contributed by atoms with Crippen LogP contribution in [0, 0.1) is 5.92 Å². The van der Waals surface area contributed by atoms with Crippen molar-refractivity contribution in [3.05, 3.63) is 0 Å². The van der Waals surface area contributed by atoms with Gasteiger partial charge in [-0.25, -0.2) is 0 Å². The molecule has 14 heavy (non-hydrogen) atoms. The molecule has 0 fully saturated rings. The highest BCUT2D eigenvalue weighted by Gasteiger charge is 2.18. The van der Waals surface area contributed by atoms with E-state index >= 15 is 0 Å². The van der Waals surface area contributed by atoms with E-state index in [9.17, 15) is 9.90 Å². The second kappa shape index (κ2) is 6.54. The standard InChI is InChI=1S/C10H20N2O2/c1-8(2)5-9(12(4)7-13)6-10(14)11-3/h7-10,14H,3,5-6H2,1-2,4H3/t9-,10?/m0/s1. The number of aliphatic hydroxyl groups excluding tert-OH is 1. The molecule has 0 radical (unpaired) electrons. The Hall–Kier alpha value is -0.900. The number of aliphatic hydroxyl groups is 1. The van der Waals surface area contributed by atoms with Gasteiger partial charge in [-0.1, -0.05) is 13.8 Å². The average Bonchev–Trinajstić information content (AvgIpc) is 2.14. The van der Waals surface area contributed by atoms with Crippen molar-refractivity contribution in [2.24, 2.45) is 10.9 Å². The Labute approximate surface area is 85.6 Å². The van der Waals surface area contributed by atoms with Crippen molar-refractivity contribution in [2.75, 3.05) is 7.05 Å². The minimum atomic E-state index is -0.777. The van der Waals surface area contributed by atoms with E-state index in [-0.39, 0.29) is 6.04 Å². The fraction of sp³-hybridized carbons (Fsp3) is 0.800. The number of rotatable bonds is 7. The smallest absolute Gasteiger partial charge is 0.209 e. The lowest BCUT2D eigenvalue weighted by atomic mass is 10.00. The van der Waals surface area contributed by atoms with Crippen LogP contribution >= 0.6 is 0 Å². The monoisotopic (exact) mass is 200 g/mol. The lowest BCUT2D eigenvalue weighted by Crippen LogP contribution is -2.34. The summed E-state index contributed by atoms with van der Waals surface area (Å²) in [6, 6.07) is 0.0352. The van der Waals surface area contributed by atoms with Gasteiger partial charge in [-0.2, -0.15) is 0 Å². The van der Waals surface area contributed by atoms with E-state index in [1.54, 1.807) is 11.9 Å². The number of carbonyl (C=O) groups is 1. The van der Waals surface area contributed by atoms with Crippen LogP contribution in [0.5, 0.6) is 0 Å². The van der Waals surface area contributed by atoms with Gasteiger partial charge in [0.1, 0.15) is 6.23 Å². The first-order chi connectivity index (χ1) is 6.51. The summed E-state index contributed by atoms with van der Waals surface area (Å²) in [6.45, 7) is 7.44. The summed E-state index contributed by atoms with van der Waals surface area (Å²) in [5.74, 6) is 0.486. The number of hydrogen-bond donors (Lipinski definition) is 1. The SMILES string of the molecule is C=NC(O)C[C@H](CC(C)C)N(C)C=O. The second-order valence-corrected chi connectivity index (χ2v) is 3.95. The van der Waals surface area contributed by atoms with Gasteiger partial charge in [0.05, 0.1) is 0 Å². The van der Waals surface area contributed by atoms with Crippen molar-refractivity contribution in [1.82, 2.24) is 4.90 Å². The first-order valence-electron chi connectivity index (χ1n) is 4.82. The predicted octanol–water partition coefficient (Wildman–Crippen LogP) is 0.898. The Morgan fingerprint density at radius 2 is 2.07 bits per heavy atom. The number of hydrogen-bond acceptors (Lipinski definition) is 3. The fourth-order valence-corrected chi connectivity index (χ4v) is 1.38. The lowest BCUT2D eigenvalue weighted by molar-refractivity contribution is -0.119. The third-order valence-electron chi connectivity index (χ3n) is 2.18. The van der Waals surface area contributed by atoms with E-state index in [0.717, 1.165) is 12.8 Å². The highest BCUT2D eigenvalue weighted by Crippen LogP contribution is 2.14. The van der Waals surface area contributed by atoms with E-state index in [4.69, 9.17) is 0 Å². The Bertz CT molecular complexity index is 183. The molecular formula is C10H20N2O2. The fourth-order valence-electron chi connectivity index (χ4n) is 1.38. The van der Waals surface area contributed by atoms with Gasteiger partial charge in [-0.15, -0.1) is 0 Å². The first-order valence-corrected chi connectivity index (χ1v) is 4.82. The maximum atomic E-state index is 10.6. The van der Waals surface area contributed by atoms with E-state index in [0.29, 0.717) is 12.3 Å². The summed E-state index contributed by atoms with van der Waals surface area (Å²) < 4.78 is 0. The van der Waals surface area contributed by atoms with Gasteiger partial charge in [-0.3, -0.25) is 9.79 Å². The molecule has 0 aliphatic carbocycles. The Morgan fingerprint density at radius 1 is 1.50 bits per heavy atom. The number of carbonyl (C=O) groups excluding carboxylic acids is 1. The van der Waals surface area contributed by atoms with Crippen LogP contribution in [0.4, 0.5) is 0 Å². The summed E-state index contributed by atoms with van der Waals surface area (Å²) in [5, 5.41) is 9.31. The van der Waals surface area contributed by atoms with Gasteiger partial charge in [0.2, 0.25) is 6.41 Å². The first kappa shape index (κ1) is 13.1. The molecule has 0 bridgehead atoms. The number of aliphatic imine (C=N–C) groups is 1. The minimum absolute atomic E-state index is 0.0352. The molecule has 0 heterocycles. The zero-order valence-corrected chi connectivity index (χ0v) is 9.18. The van der Waals surface area contributed by atoms with Gasteiger partial charge < -0.3 is 10.0 Å². The highest BCUT2D eigenvalue weighted by atomic mass is 16.3. The molecule has 4 nitrogen and oxygen atoms in total. The predicted molar refractivity (Wildman–Crippen MR) is 57.2 cm³/mol. The van der Waals surface area contributed by atoms with E-state index < -0.39 is 6.23 Å². The van der Waals surface area contributed by atoms with Crippen LogP contribution in [0.15, 0.2) is 4.99 Å². The maximum Gasteiger partial charge on any atom is 0.209 e. The number of nitrogens with zero attached hydrogens (tertiary/aromatic N) is 2. The molecule has 0 aliphatic heterocycles. The number of amides is 1. The van der Waals surface area contributed by atoms with Crippen LogP contribution in [-0.2, 0) is 4.79 Å². The van der Waals surface area contributed by atoms with Gasteiger partial charge >= 0.3 is 0 Å². The summed E-state index contributed by atoms with van der Waals surface area (Å²) in [5.41, 5.74) is 0. The molecule has 0 aromatic rings. The van der Waals surface area contributed by atoms with Crippen LogP contribution in [0.3, 0.4) is 0 Å². The third-order valence-corrected chi connectivity index (χ3v) is 2.18.